The summed E-state index contributed by atoms with van der Waals surface area (Å²) in [5.74, 6) is -0.115. The second-order valence-electron chi connectivity index (χ2n) is 5.02. The van der Waals surface area contributed by atoms with Crippen LogP contribution in [0.2, 0.25) is 0 Å². The topological polar surface area (TPSA) is 39.2 Å². The summed E-state index contributed by atoms with van der Waals surface area (Å²) >= 11 is 1.67. The highest BCUT2D eigenvalue weighted by Crippen LogP contribution is 2.49. The van der Waals surface area contributed by atoms with Gasteiger partial charge in [0.05, 0.1) is 5.52 Å². The van der Waals surface area contributed by atoms with E-state index in [2.05, 4.69) is 11.1 Å². The molecule has 1 fully saturated rings. The number of hydrogen-bond acceptors (Lipinski definition) is 4. The number of nitrogens with zero attached hydrogens (tertiary/aromatic N) is 1. The average Bonchev–Trinajstić information content (AvgIpc) is 2.45. The third-order valence-electron chi connectivity index (χ3n) is 3.61. The molecule has 1 aliphatic rings. The van der Waals surface area contributed by atoms with E-state index < -0.39 is 0 Å². The van der Waals surface area contributed by atoms with Gasteiger partial charge in [-0.05, 0) is 31.4 Å². The number of rotatable bonds is 4. The third-order valence-corrected chi connectivity index (χ3v) is 5.05. The summed E-state index contributed by atoms with van der Waals surface area (Å²) in [6, 6.07) is 10.1. The van der Waals surface area contributed by atoms with Crippen molar-refractivity contribution in [2.75, 3.05) is 0 Å². The first kappa shape index (κ1) is 13.4. The van der Waals surface area contributed by atoms with Gasteiger partial charge in [-0.1, -0.05) is 36.9 Å². The standard InChI is InChI=1S/C16H17NO2S/c1-2-15(18)19-16(9-5-10-16)20-14-8-11-17-13-7-4-3-6-12(13)14/h3-4,6-8,11H,2,5,9-10H2,1H3. The molecule has 0 saturated heterocycles. The van der Waals surface area contributed by atoms with Gasteiger partial charge in [0.2, 0.25) is 0 Å². The van der Waals surface area contributed by atoms with Crippen LogP contribution in [0.1, 0.15) is 32.6 Å². The van der Waals surface area contributed by atoms with Gasteiger partial charge in [-0.2, -0.15) is 0 Å². The van der Waals surface area contributed by atoms with E-state index in [-0.39, 0.29) is 10.9 Å². The zero-order chi connectivity index (χ0) is 14.0. The van der Waals surface area contributed by atoms with Gasteiger partial charge in [-0.25, -0.2) is 0 Å². The number of benzene rings is 1. The van der Waals surface area contributed by atoms with Gasteiger partial charge >= 0.3 is 5.97 Å². The van der Waals surface area contributed by atoms with E-state index in [0.717, 1.165) is 35.1 Å². The van der Waals surface area contributed by atoms with Crippen LogP contribution in [0.3, 0.4) is 0 Å². The molecule has 2 aromatic rings. The molecule has 0 N–H and O–H groups in total. The van der Waals surface area contributed by atoms with Gasteiger partial charge in [-0.15, -0.1) is 0 Å². The maximum absolute atomic E-state index is 11.6. The van der Waals surface area contributed by atoms with E-state index in [1.807, 2.05) is 37.4 Å². The first-order valence-electron chi connectivity index (χ1n) is 6.97. The van der Waals surface area contributed by atoms with Crippen molar-refractivity contribution in [3.63, 3.8) is 0 Å². The summed E-state index contributed by atoms with van der Waals surface area (Å²) in [6.07, 6.45) is 5.23. The van der Waals surface area contributed by atoms with Gasteiger partial charge in [0, 0.05) is 22.9 Å². The van der Waals surface area contributed by atoms with Crippen LogP contribution in [0.15, 0.2) is 41.4 Å². The number of thioether (sulfide) groups is 1. The van der Waals surface area contributed by atoms with Crippen molar-refractivity contribution in [2.24, 2.45) is 0 Å². The Balaban J connectivity index is 1.90. The molecule has 1 aliphatic carbocycles. The molecule has 1 saturated carbocycles. The normalized spacial score (nSPS) is 16.6. The Hall–Kier alpha value is -1.55. The highest BCUT2D eigenvalue weighted by atomic mass is 32.2. The molecule has 4 heteroatoms. The first-order chi connectivity index (χ1) is 9.72. The van der Waals surface area contributed by atoms with Crippen molar-refractivity contribution in [1.29, 1.82) is 0 Å². The summed E-state index contributed by atoms with van der Waals surface area (Å²) in [7, 11) is 0. The summed E-state index contributed by atoms with van der Waals surface area (Å²) in [4.78, 5) is 16.8. The minimum atomic E-state index is -0.364. The molecule has 1 aromatic carbocycles. The largest absolute Gasteiger partial charge is 0.448 e. The lowest BCUT2D eigenvalue weighted by Gasteiger charge is -2.40. The molecule has 3 nitrogen and oxygen atoms in total. The van der Waals surface area contributed by atoms with Crippen LogP contribution in [-0.4, -0.2) is 15.9 Å². The highest BCUT2D eigenvalue weighted by Gasteiger charge is 2.42. The predicted molar refractivity (Wildman–Crippen MR) is 80.6 cm³/mol. The van der Waals surface area contributed by atoms with E-state index >= 15 is 0 Å². The maximum atomic E-state index is 11.6. The molecule has 0 bridgehead atoms. The zero-order valence-corrected chi connectivity index (χ0v) is 12.3. The van der Waals surface area contributed by atoms with E-state index in [9.17, 15) is 4.79 Å². The summed E-state index contributed by atoms with van der Waals surface area (Å²) in [5, 5.41) is 1.12. The minimum absolute atomic E-state index is 0.115. The third kappa shape index (κ3) is 2.52. The molecule has 3 rings (SSSR count). The molecule has 0 spiro atoms. The molecule has 1 heterocycles. The fourth-order valence-corrected chi connectivity index (χ4v) is 3.77. The number of esters is 1. The fourth-order valence-electron chi connectivity index (χ4n) is 2.33. The van der Waals surface area contributed by atoms with Crippen LogP contribution >= 0.6 is 11.8 Å². The number of pyridine rings is 1. The lowest BCUT2D eigenvalue weighted by atomic mass is 9.95. The first-order valence-corrected chi connectivity index (χ1v) is 7.79. The lowest BCUT2D eigenvalue weighted by molar-refractivity contribution is -0.156. The van der Waals surface area contributed by atoms with Gasteiger partial charge in [0.25, 0.3) is 0 Å². The Morgan fingerprint density at radius 2 is 2.15 bits per heavy atom. The van der Waals surface area contributed by atoms with Gasteiger partial charge in [0.1, 0.15) is 0 Å². The second-order valence-corrected chi connectivity index (χ2v) is 6.41. The van der Waals surface area contributed by atoms with Gasteiger partial charge < -0.3 is 4.74 Å². The molecule has 20 heavy (non-hydrogen) atoms. The number of para-hydroxylation sites is 1. The van der Waals surface area contributed by atoms with E-state index in [1.54, 1.807) is 11.8 Å². The van der Waals surface area contributed by atoms with Crippen LogP contribution in [-0.2, 0) is 9.53 Å². The van der Waals surface area contributed by atoms with Crippen molar-refractivity contribution in [3.05, 3.63) is 36.5 Å². The van der Waals surface area contributed by atoms with E-state index in [0.29, 0.717) is 6.42 Å². The Morgan fingerprint density at radius 1 is 1.35 bits per heavy atom. The molecule has 0 amide bonds. The monoisotopic (exact) mass is 287 g/mol. The molecule has 0 unspecified atom stereocenters. The fraction of sp³-hybridized carbons (Fsp3) is 0.375. The summed E-state index contributed by atoms with van der Waals surface area (Å²) in [5.41, 5.74) is 0.980. The Kier molecular flexibility index (Phi) is 3.66. The van der Waals surface area contributed by atoms with Crippen LogP contribution in [0, 0.1) is 0 Å². The van der Waals surface area contributed by atoms with Gasteiger partial charge in [-0.3, -0.25) is 9.78 Å². The zero-order valence-electron chi connectivity index (χ0n) is 11.5. The number of ether oxygens (including phenoxy) is 1. The Labute approximate surface area is 122 Å². The van der Waals surface area contributed by atoms with Crippen molar-refractivity contribution >= 4 is 28.6 Å². The molecular weight excluding hydrogens is 270 g/mol. The molecule has 0 atom stereocenters. The molecular formula is C16H17NO2S. The van der Waals surface area contributed by atoms with Crippen LogP contribution in [0.25, 0.3) is 10.9 Å². The lowest BCUT2D eigenvalue weighted by Crippen LogP contribution is -2.38. The van der Waals surface area contributed by atoms with Crippen LogP contribution < -0.4 is 0 Å². The van der Waals surface area contributed by atoms with Crippen LogP contribution in [0.4, 0.5) is 0 Å². The molecule has 0 aliphatic heterocycles. The number of fused-ring (bicyclic) bond motifs is 1. The highest BCUT2D eigenvalue weighted by molar-refractivity contribution is 8.00. The van der Waals surface area contributed by atoms with Gasteiger partial charge in [0.15, 0.2) is 4.93 Å². The summed E-state index contributed by atoms with van der Waals surface area (Å²) < 4.78 is 5.68. The SMILES string of the molecule is CCC(=O)OC1(Sc2ccnc3ccccc23)CCC1. The molecule has 1 aromatic heterocycles. The number of aromatic nitrogens is 1. The van der Waals surface area contributed by atoms with Crippen LogP contribution in [0.5, 0.6) is 0 Å². The number of hydrogen-bond donors (Lipinski definition) is 0. The minimum Gasteiger partial charge on any atom is -0.448 e. The smallest absolute Gasteiger partial charge is 0.306 e. The summed E-state index contributed by atoms with van der Waals surface area (Å²) in [6.45, 7) is 1.83. The van der Waals surface area contributed by atoms with Crippen molar-refractivity contribution in [1.82, 2.24) is 4.98 Å². The van der Waals surface area contributed by atoms with E-state index in [4.69, 9.17) is 4.74 Å². The Bertz CT molecular complexity index is 632. The predicted octanol–water partition coefficient (Wildman–Crippen LogP) is 4.16. The Morgan fingerprint density at radius 3 is 2.85 bits per heavy atom. The second kappa shape index (κ2) is 5.44. The van der Waals surface area contributed by atoms with Crippen molar-refractivity contribution in [2.45, 2.75) is 42.4 Å². The molecule has 0 radical (unpaired) electrons. The van der Waals surface area contributed by atoms with E-state index in [1.165, 1.54) is 0 Å². The van der Waals surface area contributed by atoms with Crippen molar-refractivity contribution in [3.8, 4) is 0 Å². The molecule has 104 valence electrons. The average molecular weight is 287 g/mol. The quantitative estimate of drug-likeness (QED) is 0.625. The maximum Gasteiger partial charge on any atom is 0.306 e. The number of carbonyl (C=O) groups excluding carboxylic acids is 1. The number of carbonyl (C=O) groups is 1. The van der Waals surface area contributed by atoms with Crippen molar-refractivity contribution < 1.29 is 9.53 Å².